The van der Waals surface area contributed by atoms with Crippen molar-refractivity contribution in [2.75, 3.05) is 16.8 Å². The fourth-order valence-electron chi connectivity index (χ4n) is 2.74. The Balaban J connectivity index is 1.77. The van der Waals surface area contributed by atoms with E-state index in [1.165, 1.54) is 5.56 Å². The van der Waals surface area contributed by atoms with E-state index in [2.05, 4.69) is 22.3 Å². The summed E-state index contributed by atoms with van der Waals surface area (Å²) in [5.41, 5.74) is 2.95. The Bertz CT molecular complexity index is 718. The van der Waals surface area contributed by atoms with Gasteiger partial charge in [0, 0.05) is 17.3 Å². The monoisotopic (exact) mass is 334 g/mol. The zero-order chi connectivity index (χ0) is 15.7. The molecule has 3 nitrogen and oxygen atoms in total. The van der Waals surface area contributed by atoms with Crippen LogP contribution in [0.4, 0.5) is 11.4 Å². The van der Waals surface area contributed by atoms with E-state index in [1.54, 1.807) is 18.2 Å². The molecule has 1 aliphatic heterocycles. The molecule has 0 unspecified atom stereocenters. The van der Waals surface area contributed by atoms with Crippen LogP contribution in [0.5, 0.6) is 0 Å². The molecule has 1 atom stereocenters. The first kappa shape index (κ1) is 15.2. The van der Waals surface area contributed by atoms with Crippen LogP contribution >= 0.6 is 23.2 Å². The summed E-state index contributed by atoms with van der Waals surface area (Å²) in [5, 5.41) is 3.88. The Labute approximate surface area is 139 Å². The smallest absolute Gasteiger partial charge is 0.246 e. The Morgan fingerprint density at radius 3 is 2.82 bits per heavy atom. The van der Waals surface area contributed by atoms with Crippen LogP contribution in [0.3, 0.4) is 0 Å². The minimum Gasteiger partial charge on any atom is -0.359 e. The van der Waals surface area contributed by atoms with Crippen molar-refractivity contribution in [3.05, 3.63) is 58.1 Å². The lowest BCUT2D eigenvalue weighted by molar-refractivity contribution is -0.117. The number of hydrogen-bond donors (Lipinski definition) is 1. The summed E-state index contributed by atoms with van der Waals surface area (Å²) in [5.74, 6) is -0.0964. The highest BCUT2D eigenvalue weighted by molar-refractivity contribution is 6.35. The number of carbonyl (C=O) groups is 1. The fraction of sp³-hybridized carbons (Fsp3) is 0.235. The number of carbonyl (C=O) groups excluding carboxylic acids is 1. The number of benzene rings is 2. The van der Waals surface area contributed by atoms with Gasteiger partial charge in [-0.15, -0.1) is 0 Å². The molecule has 114 valence electrons. The lowest BCUT2D eigenvalue weighted by Crippen LogP contribution is -2.41. The minimum absolute atomic E-state index is 0.0964. The second-order valence-corrected chi connectivity index (χ2v) is 6.21. The SMILES string of the molecule is C[C@@H](C(=O)Nc1cc(Cl)ccc1Cl)N1CCc2ccccc21. The van der Waals surface area contributed by atoms with Crippen molar-refractivity contribution in [1.29, 1.82) is 0 Å². The van der Waals surface area contributed by atoms with Gasteiger partial charge in [0.05, 0.1) is 10.7 Å². The highest BCUT2D eigenvalue weighted by Gasteiger charge is 2.27. The van der Waals surface area contributed by atoms with Crippen LogP contribution in [0.15, 0.2) is 42.5 Å². The Morgan fingerprint density at radius 1 is 1.23 bits per heavy atom. The quantitative estimate of drug-likeness (QED) is 0.903. The fourth-order valence-corrected chi connectivity index (χ4v) is 3.07. The number of hydrogen-bond acceptors (Lipinski definition) is 2. The Morgan fingerprint density at radius 2 is 2.00 bits per heavy atom. The van der Waals surface area contributed by atoms with E-state index >= 15 is 0 Å². The van der Waals surface area contributed by atoms with Crippen LogP contribution in [0.1, 0.15) is 12.5 Å². The van der Waals surface area contributed by atoms with Gasteiger partial charge in [-0.05, 0) is 43.2 Å². The van der Waals surface area contributed by atoms with Crippen LogP contribution < -0.4 is 10.2 Å². The molecule has 0 aromatic heterocycles. The summed E-state index contributed by atoms with van der Waals surface area (Å²) in [4.78, 5) is 14.6. The number of nitrogens with zero attached hydrogens (tertiary/aromatic N) is 1. The van der Waals surface area contributed by atoms with Crippen LogP contribution in [0.2, 0.25) is 10.0 Å². The van der Waals surface area contributed by atoms with Gasteiger partial charge >= 0.3 is 0 Å². The number of halogens is 2. The summed E-state index contributed by atoms with van der Waals surface area (Å²) in [7, 11) is 0. The van der Waals surface area contributed by atoms with Crippen LogP contribution in [0, 0.1) is 0 Å². The standard InChI is InChI=1S/C17H16Cl2N2O/c1-11(21-9-8-12-4-2-3-5-16(12)21)17(22)20-15-10-13(18)6-7-14(15)19/h2-7,10-11H,8-9H2,1H3,(H,20,22)/t11-/m0/s1. The molecule has 1 aliphatic rings. The normalized spacial score (nSPS) is 14.6. The molecule has 5 heteroatoms. The minimum atomic E-state index is -0.279. The third kappa shape index (κ3) is 2.92. The third-order valence-corrected chi connectivity index (χ3v) is 4.52. The number of amides is 1. The third-order valence-electron chi connectivity index (χ3n) is 3.96. The molecule has 0 saturated heterocycles. The molecule has 2 aromatic carbocycles. The molecule has 0 fully saturated rings. The molecule has 0 aliphatic carbocycles. The van der Waals surface area contributed by atoms with E-state index in [1.807, 2.05) is 19.1 Å². The summed E-state index contributed by atoms with van der Waals surface area (Å²) < 4.78 is 0. The van der Waals surface area contributed by atoms with Crippen LogP contribution in [0.25, 0.3) is 0 Å². The average Bonchev–Trinajstić information content (AvgIpc) is 2.94. The molecule has 0 spiro atoms. The molecule has 1 N–H and O–H groups in total. The molecule has 2 aromatic rings. The van der Waals surface area contributed by atoms with Crippen LogP contribution in [-0.4, -0.2) is 18.5 Å². The first-order chi connectivity index (χ1) is 10.6. The molecule has 3 rings (SSSR count). The van der Waals surface area contributed by atoms with Gasteiger partial charge in [-0.25, -0.2) is 0 Å². The first-order valence-electron chi connectivity index (χ1n) is 7.17. The molecule has 0 saturated carbocycles. The van der Waals surface area contributed by atoms with Crippen molar-refractivity contribution in [2.45, 2.75) is 19.4 Å². The predicted octanol–water partition coefficient (Wildman–Crippen LogP) is 4.38. The van der Waals surface area contributed by atoms with E-state index in [-0.39, 0.29) is 11.9 Å². The molecule has 22 heavy (non-hydrogen) atoms. The molecular formula is C17H16Cl2N2O. The lowest BCUT2D eigenvalue weighted by atomic mass is 10.1. The topological polar surface area (TPSA) is 32.3 Å². The second-order valence-electron chi connectivity index (χ2n) is 5.36. The number of para-hydroxylation sites is 1. The molecule has 1 amide bonds. The van der Waals surface area contributed by atoms with Gasteiger partial charge in [-0.3, -0.25) is 4.79 Å². The van der Waals surface area contributed by atoms with E-state index in [0.29, 0.717) is 15.7 Å². The van der Waals surface area contributed by atoms with E-state index in [4.69, 9.17) is 23.2 Å². The van der Waals surface area contributed by atoms with Gasteiger partial charge < -0.3 is 10.2 Å². The maximum absolute atomic E-state index is 12.5. The van der Waals surface area contributed by atoms with E-state index < -0.39 is 0 Å². The van der Waals surface area contributed by atoms with Crippen LogP contribution in [-0.2, 0) is 11.2 Å². The molecule has 0 radical (unpaired) electrons. The summed E-state index contributed by atoms with van der Waals surface area (Å²) >= 11 is 12.1. The average molecular weight is 335 g/mol. The van der Waals surface area contributed by atoms with Crippen molar-refractivity contribution in [1.82, 2.24) is 0 Å². The van der Waals surface area contributed by atoms with Crippen molar-refractivity contribution >= 4 is 40.5 Å². The predicted molar refractivity (Wildman–Crippen MR) is 92.0 cm³/mol. The molecule has 1 heterocycles. The number of fused-ring (bicyclic) bond motifs is 1. The summed E-state index contributed by atoms with van der Waals surface area (Å²) in [6, 6.07) is 12.9. The van der Waals surface area contributed by atoms with E-state index in [0.717, 1.165) is 18.7 Å². The van der Waals surface area contributed by atoms with Gasteiger partial charge in [-0.2, -0.15) is 0 Å². The first-order valence-corrected chi connectivity index (χ1v) is 7.92. The Kier molecular flexibility index (Phi) is 4.27. The second kappa shape index (κ2) is 6.19. The maximum Gasteiger partial charge on any atom is 0.246 e. The van der Waals surface area contributed by atoms with Gasteiger partial charge in [-0.1, -0.05) is 41.4 Å². The van der Waals surface area contributed by atoms with Crippen molar-refractivity contribution in [3.8, 4) is 0 Å². The van der Waals surface area contributed by atoms with Crippen molar-refractivity contribution in [2.24, 2.45) is 0 Å². The summed E-state index contributed by atoms with van der Waals surface area (Å²) in [6.07, 6.45) is 0.964. The van der Waals surface area contributed by atoms with Crippen molar-refractivity contribution < 1.29 is 4.79 Å². The van der Waals surface area contributed by atoms with Gasteiger partial charge in [0.25, 0.3) is 0 Å². The lowest BCUT2D eigenvalue weighted by Gasteiger charge is -2.26. The van der Waals surface area contributed by atoms with Gasteiger partial charge in [0.2, 0.25) is 5.91 Å². The number of anilines is 2. The molecular weight excluding hydrogens is 319 g/mol. The molecule has 0 bridgehead atoms. The highest BCUT2D eigenvalue weighted by Crippen LogP contribution is 2.30. The number of nitrogens with one attached hydrogen (secondary N) is 1. The van der Waals surface area contributed by atoms with Crippen molar-refractivity contribution in [3.63, 3.8) is 0 Å². The largest absolute Gasteiger partial charge is 0.359 e. The van der Waals surface area contributed by atoms with E-state index in [9.17, 15) is 4.79 Å². The van der Waals surface area contributed by atoms with Gasteiger partial charge in [0.15, 0.2) is 0 Å². The Hall–Kier alpha value is -1.71. The highest BCUT2D eigenvalue weighted by atomic mass is 35.5. The zero-order valence-electron chi connectivity index (χ0n) is 12.1. The van der Waals surface area contributed by atoms with Gasteiger partial charge in [0.1, 0.15) is 6.04 Å². The maximum atomic E-state index is 12.5. The summed E-state index contributed by atoms with van der Waals surface area (Å²) in [6.45, 7) is 2.74. The number of rotatable bonds is 3. The zero-order valence-corrected chi connectivity index (χ0v) is 13.7.